The van der Waals surface area contributed by atoms with Crippen molar-refractivity contribution in [2.45, 2.75) is 38.5 Å². The zero-order valence-electron chi connectivity index (χ0n) is 13.3. The van der Waals surface area contributed by atoms with E-state index < -0.39 is 0 Å². The third-order valence-corrected chi connectivity index (χ3v) is 3.45. The van der Waals surface area contributed by atoms with Crippen LogP contribution in [0.5, 0.6) is 5.75 Å². The van der Waals surface area contributed by atoms with Gasteiger partial charge in [0.1, 0.15) is 19.0 Å². The van der Waals surface area contributed by atoms with Crippen molar-refractivity contribution in [1.29, 1.82) is 0 Å². The molecule has 0 aliphatic rings. The first-order valence-electron chi connectivity index (χ1n) is 7.71. The van der Waals surface area contributed by atoms with Crippen molar-refractivity contribution >= 4 is 23.4 Å². The first-order valence-corrected chi connectivity index (χ1v) is 8.16. The van der Waals surface area contributed by atoms with E-state index in [-0.39, 0.29) is 0 Å². The summed E-state index contributed by atoms with van der Waals surface area (Å²) < 4.78 is 9.75. The summed E-state index contributed by atoms with van der Waals surface area (Å²) in [7, 11) is 0. The van der Waals surface area contributed by atoms with Crippen molar-refractivity contribution < 1.29 is 9.47 Å². The molecule has 3 heteroatoms. The van der Waals surface area contributed by atoms with Gasteiger partial charge in [0.2, 0.25) is 0 Å². The summed E-state index contributed by atoms with van der Waals surface area (Å²) >= 11 is 4.45. The molecule has 0 aliphatic heterocycles. The Morgan fingerprint density at radius 1 is 0.952 bits per heavy atom. The Balaban J connectivity index is 0.000000383. The van der Waals surface area contributed by atoms with Crippen LogP contribution < -0.4 is 4.74 Å². The number of hydrogen-bond donors (Lipinski definition) is 1. The van der Waals surface area contributed by atoms with Crippen molar-refractivity contribution in [1.82, 2.24) is 0 Å². The van der Waals surface area contributed by atoms with Crippen molar-refractivity contribution in [3.8, 4) is 5.75 Å². The van der Waals surface area contributed by atoms with Gasteiger partial charge in [0.15, 0.2) is 0 Å². The molecule has 0 aromatic heterocycles. The topological polar surface area (TPSA) is 22.0 Å². The molecule has 0 aliphatic carbocycles. The molecule has 0 fully saturated rings. The van der Waals surface area contributed by atoms with Gasteiger partial charge in [-0.3, -0.25) is 0 Å². The van der Waals surface area contributed by atoms with Gasteiger partial charge in [-0.15, -0.1) is 12.6 Å². The number of aliphatic hydroxyl groups is 2. The lowest BCUT2D eigenvalue weighted by Crippen LogP contribution is -1.97. The molecule has 0 unspecified atom stereocenters. The van der Waals surface area contributed by atoms with E-state index in [0.29, 0.717) is 0 Å². The molecule has 0 atom stereocenters. The van der Waals surface area contributed by atoms with E-state index in [4.69, 9.17) is 4.74 Å². The van der Waals surface area contributed by atoms with E-state index in [1.165, 1.54) is 0 Å². The fourth-order valence-electron chi connectivity index (χ4n) is 1.93. The fourth-order valence-corrected chi connectivity index (χ4v) is 2.20. The smallest absolute Gasteiger partial charge is 0.141 e. The van der Waals surface area contributed by atoms with Crippen LogP contribution >= 0.6 is 12.6 Å². The van der Waals surface area contributed by atoms with E-state index in [0.717, 1.165) is 54.1 Å². The maximum Gasteiger partial charge on any atom is 0.141 e. The Morgan fingerprint density at radius 2 is 1.62 bits per heavy atom. The average Bonchev–Trinajstić information content (AvgIpc) is 2.51. The van der Waals surface area contributed by atoms with Gasteiger partial charge in [-0.1, -0.05) is 37.6 Å². The van der Waals surface area contributed by atoms with Gasteiger partial charge >= 0.3 is 0 Å². The lowest BCUT2D eigenvalue weighted by molar-refractivity contribution is -0.0178. The van der Waals surface area contributed by atoms with Crippen molar-refractivity contribution in [3.63, 3.8) is 0 Å². The minimum atomic E-state index is 0.784. The summed E-state index contributed by atoms with van der Waals surface area (Å²) in [6.45, 7) is 8.98. The molecular formula is C18H27O2S+. The van der Waals surface area contributed by atoms with Gasteiger partial charge in [0.25, 0.3) is 0 Å². The number of hydrogen-bond acceptors (Lipinski definition) is 2. The molecule has 0 heterocycles. The molecular weight excluding hydrogens is 280 g/mol. The predicted molar refractivity (Wildman–Crippen MR) is 94.9 cm³/mol. The Hall–Kier alpha value is -1.19. The minimum Gasteiger partial charge on any atom is -0.493 e. The lowest BCUT2D eigenvalue weighted by Gasteiger charge is -2.10. The average molecular weight is 307 g/mol. The summed E-state index contributed by atoms with van der Waals surface area (Å²) in [6, 6.07) is 12.2. The number of ether oxygens (including phenoxy) is 2. The molecule has 2 rings (SSSR count). The molecule has 0 amide bonds. The fraction of sp³-hybridized carbons (Fsp3) is 0.444. The third kappa shape index (κ3) is 5.98. The third-order valence-electron chi connectivity index (χ3n) is 3.06. The first-order chi connectivity index (χ1) is 10.2. The van der Waals surface area contributed by atoms with Gasteiger partial charge < -0.3 is 9.47 Å². The van der Waals surface area contributed by atoms with E-state index in [9.17, 15) is 0 Å². The second kappa shape index (κ2) is 10.5. The van der Waals surface area contributed by atoms with Crippen LogP contribution in [0.25, 0.3) is 10.8 Å². The largest absolute Gasteiger partial charge is 0.493 e. The van der Waals surface area contributed by atoms with Crippen molar-refractivity contribution in [2.24, 2.45) is 0 Å². The molecule has 0 spiro atoms. The van der Waals surface area contributed by atoms with E-state index >= 15 is 0 Å². The number of fused-ring (bicyclic) bond motifs is 1. The zero-order valence-corrected chi connectivity index (χ0v) is 14.2. The molecule has 21 heavy (non-hydrogen) atoms. The van der Waals surface area contributed by atoms with Crippen LogP contribution in [0.3, 0.4) is 0 Å². The number of rotatable bonds is 6. The predicted octanol–water partition coefficient (Wildman–Crippen LogP) is 4.86. The zero-order chi connectivity index (χ0) is 15.5. The van der Waals surface area contributed by atoms with E-state index in [2.05, 4.69) is 36.4 Å². The second-order valence-corrected chi connectivity index (χ2v) is 5.17. The number of benzene rings is 2. The molecule has 116 valence electrons. The maximum atomic E-state index is 5.78. The molecule has 2 aromatic carbocycles. The van der Waals surface area contributed by atoms with Crippen LogP contribution in [0, 0.1) is 0 Å². The first kappa shape index (κ1) is 17.9. The SMILES string of the molecule is CCCCOc1ccc(S)c2ccccc12.CC[OH+]CC. The monoisotopic (exact) mass is 307 g/mol. The van der Waals surface area contributed by atoms with E-state index in [1.54, 1.807) is 0 Å². The highest BCUT2D eigenvalue weighted by Gasteiger charge is 2.03. The summed E-state index contributed by atoms with van der Waals surface area (Å²) in [5.41, 5.74) is 0. The molecule has 0 bridgehead atoms. The number of thiol groups is 1. The van der Waals surface area contributed by atoms with Crippen LogP contribution in [-0.4, -0.2) is 24.6 Å². The lowest BCUT2D eigenvalue weighted by atomic mass is 10.1. The Morgan fingerprint density at radius 3 is 2.19 bits per heavy atom. The van der Waals surface area contributed by atoms with Crippen molar-refractivity contribution in [3.05, 3.63) is 36.4 Å². The maximum absolute atomic E-state index is 5.78. The van der Waals surface area contributed by atoms with Gasteiger partial charge in [-0.2, -0.15) is 0 Å². The van der Waals surface area contributed by atoms with Crippen LogP contribution in [0.15, 0.2) is 41.3 Å². The van der Waals surface area contributed by atoms with Gasteiger partial charge in [-0.25, -0.2) is 0 Å². The molecule has 0 radical (unpaired) electrons. The van der Waals surface area contributed by atoms with Crippen LogP contribution in [0.1, 0.15) is 33.6 Å². The Kier molecular flexibility index (Phi) is 8.95. The molecule has 0 saturated carbocycles. The van der Waals surface area contributed by atoms with E-state index in [1.807, 2.05) is 38.1 Å². The standard InChI is InChI=1S/C14H16OS.C4H10O/c1-2-3-10-15-13-8-9-14(16)12-7-5-4-6-11(12)13;1-3-5-4-2/h4-9,16H,2-3,10H2,1H3;3-4H2,1-2H3/p+1. The summed E-state index contributed by atoms with van der Waals surface area (Å²) in [4.78, 5) is 0.999. The second-order valence-electron chi connectivity index (χ2n) is 4.69. The van der Waals surface area contributed by atoms with Crippen LogP contribution in [-0.2, 0) is 0 Å². The van der Waals surface area contributed by atoms with Crippen LogP contribution in [0.2, 0.25) is 0 Å². The quantitative estimate of drug-likeness (QED) is 0.459. The summed E-state index contributed by atoms with van der Waals surface area (Å²) in [5.74, 6) is 0.960. The minimum absolute atomic E-state index is 0.784. The molecule has 2 nitrogen and oxygen atoms in total. The molecule has 0 saturated heterocycles. The Bertz CT molecular complexity index is 524. The van der Waals surface area contributed by atoms with Crippen LogP contribution in [0.4, 0.5) is 0 Å². The van der Waals surface area contributed by atoms with Gasteiger partial charge in [0, 0.05) is 24.1 Å². The van der Waals surface area contributed by atoms with Gasteiger partial charge in [-0.05, 0) is 23.9 Å². The highest BCUT2D eigenvalue weighted by molar-refractivity contribution is 7.80. The summed E-state index contributed by atoms with van der Waals surface area (Å²) in [6.07, 6.45) is 2.25. The summed E-state index contributed by atoms with van der Waals surface area (Å²) in [5, 5.41) is 2.30. The highest BCUT2D eigenvalue weighted by atomic mass is 32.1. The highest BCUT2D eigenvalue weighted by Crippen LogP contribution is 2.30. The van der Waals surface area contributed by atoms with Crippen molar-refractivity contribution in [2.75, 3.05) is 19.8 Å². The number of unbranched alkanes of at least 4 members (excludes halogenated alkanes) is 1. The normalized spacial score (nSPS) is 10.1. The molecule has 2 aromatic rings. The Labute approximate surface area is 133 Å². The van der Waals surface area contributed by atoms with Gasteiger partial charge in [0.05, 0.1) is 6.61 Å². The molecule has 1 N–H and O–H groups in total.